The minimum atomic E-state index is -0.267. The Kier molecular flexibility index (Phi) is 6.08. The zero-order chi connectivity index (χ0) is 19.3. The van der Waals surface area contributed by atoms with Crippen molar-refractivity contribution < 1.29 is 19.4 Å². The van der Waals surface area contributed by atoms with Gasteiger partial charge in [0.1, 0.15) is 0 Å². The van der Waals surface area contributed by atoms with Gasteiger partial charge in [-0.1, -0.05) is 12.1 Å². The van der Waals surface area contributed by atoms with Crippen LogP contribution in [0, 0.1) is 5.41 Å². The quantitative estimate of drug-likeness (QED) is 0.846. The maximum atomic E-state index is 12.8. The molecule has 1 amide bonds. The molecule has 1 aliphatic heterocycles. The summed E-state index contributed by atoms with van der Waals surface area (Å²) in [6.07, 6.45) is 3.28. The molecule has 0 spiro atoms. The van der Waals surface area contributed by atoms with E-state index < -0.39 is 0 Å². The van der Waals surface area contributed by atoms with Crippen molar-refractivity contribution in [3.8, 4) is 17.0 Å². The summed E-state index contributed by atoms with van der Waals surface area (Å²) in [5, 5.41) is 9.83. The van der Waals surface area contributed by atoms with Crippen LogP contribution in [0.3, 0.4) is 0 Å². The van der Waals surface area contributed by atoms with Crippen molar-refractivity contribution in [1.29, 1.82) is 0 Å². The third-order valence-corrected chi connectivity index (χ3v) is 5.22. The fourth-order valence-corrected chi connectivity index (χ4v) is 3.44. The van der Waals surface area contributed by atoms with Crippen LogP contribution in [0.4, 0.5) is 0 Å². The Morgan fingerprint density at radius 1 is 1.19 bits per heavy atom. The molecule has 1 aliphatic rings. The van der Waals surface area contributed by atoms with Crippen molar-refractivity contribution in [3.63, 3.8) is 0 Å². The van der Waals surface area contributed by atoms with E-state index in [4.69, 9.17) is 9.47 Å². The van der Waals surface area contributed by atoms with Crippen LogP contribution in [0.2, 0.25) is 0 Å². The number of nitrogens with zero attached hydrogens (tertiary/aromatic N) is 2. The summed E-state index contributed by atoms with van der Waals surface area (Å²) in [6.45, 7) is 1.85. The van der Waals surface area contributed by atoms with Gasteiger partial charge in [-0.3, -0.25) is 4.79 Å². The summed E-state index contributed by atoms with van der Waals surface area (Å²) in [4.78, 5) is 18.7. The van der Waals surface area contributed by atoms with E-state index in [1.165, 1.54) is 0 Å². The van der Waals surface area contributed by atoms with Gasteiger partial charge in [0.15, 0.2) is 0 Å². The van der Waals surface area contributed by atoms with Gasteiger partial charge in [-0.2, -0.15) is 0 Å². The first-order valence-electron chi connectivity index (χ1n) is 9.11. The number of amides is 1. The zero-order valence-corrected chi connectivity index (χ0v) is 15.9. The highest BCUT2D eigenvalue weighted by Gasteiger charge is 2.34. The first-order valence-corrected chi connectivity index (χ1v) is 9.11. The largest absolute Gasteiger partial charge is 0.481 e. The molecule has 6 nitrogen and oxygen atoms in total. The van der Waals surface area contributed by atoms with Crippen molar-refractivity contribution in [2.24, 2.45) is 5.41 Å². The monoisotopic (exact) mass is 370 g/mol. The SMILES string of the molecule is COc1ccc(-c2ccc(C(=O)N(C)CC3(CO)CCOCC3)cc2)cn1. The lowest BCUT2D eigenvalue weighted by Gasteiger charge is -2.38. The molecule has 0 atom stereocenters. The Bertz CT molecular complexity index is 753. The fourth-order valence-electron chi connectivity index (χ4n) is 3.44. The molecule has 1 saturated heterocycles. The van der Waals surface area contributed by atoms with Crippen molar-refractivity contribution in [3.05, 3.63) is 48.2 Å². The van der Waals surface area contributed by atoms with Gasteiger partial charge in [-0.05, 0) is 36.6 Å². The van der Waals surface area contributed by atoms with Crippen molar-refractivity contribution in [2.75, 3.05) is 40.5 Å². The number of hydrogen-bond donors (Lipinski definition) is 1. The molecule has 0 radical (unpaired) electrons. The summed E-state index contributed by atoms with van der Waals surface area (Å²) in [5.41, 5.74) is 2.31. The number of carbonyl (C=O) groups excluding carboxylic acids is 1. The Morgan fingerprint density at radius 3 is 2.41 bits per heavy atom. The molecule has 27 heavy (non-hydrogen) atoms. The lowest BCUT2D eigenvalue weighted by molar-refractivity contribution is -0.0282. The number of methoxy groups -OCH3 is 1. The molecule has 1 aromatic carbocycles. The van der Waals surface area contributed by atoms with Gasteiger partial charge in [0.05, 0.1) is 13.7 Å². The first kappa shape index (κ1) is 19.3. The lowest BCUT2D eigenvalue weighted by atomic mass is 9.80. The van der Waals surface area contributed by atoms with E-state index in [0.29, 0.717) is 31.2 Å². The maximum absolute atomic E-state index is 12.8. The highest BCUT2D eigenvalue weighted by atomic mass is 16.5. The van der Waals surface area contributed by atoms with Crippen LogP contribution in [-0.4, -0.2) is 61.4 Å². The highest BCUT2D eigenvalue weighted by molar-refractivity contribution is 5.94. The van der Waals surface area contributed by atoms with Crippen LogP contribution in [0.1, 0.15) is 23.2 Å². The topological polar surface area (TPSA) is 71.9 Å². The predicted octanol–water partition coefficient (Wildman–Crippen LogP) is 2.62. The minimum absolute atomic E-state index is 0.0475. The van der Waals surface area contributed by atoms with E-state index in [1.54, 1.807) is 25.3 Å². The molecular weight excluding hydrogens is 344 g/mol. The van der Waals surface area contributed by atoms with Gasteiger partial charge in [0.2, 0.25) is 5.88 Å². The Hall–Kier alpha value is -2.44. The Labute approximate surface area is 159 Å². The van der Waals surface area contributed by atoms with Crippen LogP contribution in [-0.2, 0) is 4.74 Å². The molecule has 2 heterocycles. The predicted molar refractivity (Wildman–Crippen MR) is 103 cm³/mol. The number of benzene rings is 1. The summed E-state index contributed by atoms with van der Waals surface area (Å²) < 4.78 is 10.5. The van der Waals surface area contributed by atoms with Gasteiger partial charge in [-0.25, -0.2) is 4.98 Å². The highest BCUT2D eigenvalue weighted by Crippen LogP contribution is 2.31. The fraction of sp³-hybridized carbons (Fsp3) is 0.429. The summed E-state index contributed by atoms with van der Waals surface area (Å²) in [5.74, 6) is 0.520. The summed E-state index contributed by atoms with van der Waals surface area (Å²) in [7, 11) is 3.37. The van der Waals surface area contributed by atoms with E-state index >= 15 is 0 Å². The second-order valence-corrected chi connectivity index (χ2v) is 7.10. The molecule has 0 unspecified atom stereocenters. The van der Waals surface area contributed by atoms with Crippen LogP contribution in [0.5, 0.6) is 5.88 Å². The smallest absolute Gasteiger partial charge is 0.253 e. The number of pyridine rings is 1. The van der Waals surface area contributed by atoms with Crippen molar-refractivity contribution in [2.45, 2.75) is 12.8 Å². The van der Waals surface area contributed by atoms with Gasteiger partial charge >= 0.3 is 0 Å². The van der Waals surface area contributed by atoms with E-state index in [9.17, 15) is 9.90 Å². The summed E-state index contributed by atoms with van der Waals surface area (Å²) in [6, 6.07) is 11.2. The molecule has 0 aliphatic carbocycles. The molecule has 1 fully saturated rings. The first-order chi connectivity index (χ1) is 13.1. The number of aliphatic hydroxyl groups excluding tert-OH is 1. The van der Waals surface area contributed by atoms with E-state index in [2.05, 4.69) is 4.98 Å². The number of rotatable bonds is 6. The molecule has 1 N–H and O–H groups in total. The van der Waals surface area contributed by atoms with E-state index in [0.717, 1.165) is 24.0 Å². The average Bonchev–Trinajstić information content (AvgIpc) is 2.74. The number of aliphatic hydroxyl groups is 1. The average molecular weight is 370 g/mol. The summed E-state index contributed by atoms with van der Waals surface area (Å²) >= 11 is 0. The van der Waals surface area contributed by atoms with Gasteiger partial charge in [-0.15, -0.1) is 0 Å². The second kappa shape index (κ2) is 8.50. The standard InChI is InChI=1S/C21H26N2O4/c1-23(14-21(15-24)9-11-27-12-10-21)20(25)17-5-3-16(4-6-17)18-7-8-19(26-2)22-13-18/h3-8,13,24H,9-12,14-15H2,1-2H3. The van der Waals surface area contributed by atoms with E-state index in [1.807, 2.05) is 36.4 Å². The van der Waals surface area contributed by atoms with Crippen molar-refractivity contribution >= 4 is 5.91 Å². The number of carbonyl (C=O) groups is 1. The van der Waals surface area contributed by atoms with E-state index in [-0.39, 0.29) is 17.9 Å². The van der Waals surface area contributed by atoms with Crippen LogP contribution in [0.15, 0.2) is 42.6 Å². The van der Waals surface area contributed by atoms with Crippen LogP contribution < -0.4 is 4.74 Å². The van der Waals surface area contributed by atoms with Crippen LogP contribution >= 0.6 is 0 Å². The Balaban J connectivity index is 1.69. The number of ether oxygens (including phenoxy) is 2. The minimum Gasteiger partial charge on any atom is -0.481 e. The molecule has 1 aromatic heterocycles. The van der Waals surface area contributed by atoms with Crippen LogP contribution in [0.25, 0.3) is 11.1 Å². The zero-order valence-electron chi connectivity index (χ0n) is 15.9. The van der Waals surface area contributed by atoms with Gasteiger partial charge < -0.3 is 19.5 Å². The second-order valence-electron chi connectivity index (χ2n) is 7.10. The molecule has 3 rings (SSSR count). The molecule has 2 aromatic rings. The molecule has 0 saturated carbocycles. The van der Waals surface area contributed by atoms with Crippen molar-refractivity contribution in [1.82, 2.24) is 9.88 Å². The lowest BCUT2D eigenvalue weighted by Crippen LogP contribution is -2.44. The maximum Gasteiger partial charge on any atom is 0.253 e. The molecule has 144 valence electrons. The Morgan fingerprint density at radius 2 is 1.85 bits per heavy atom. The normalized spacial score (nSPS) is 16.0. The van der Waals surface area contributed by atoms with Gasteiger partial charge in [0, 0.05) is 55.6 Å². The third-order valence-electron chi connectivity index (χ3n) is 5.22. The number of aromatic nitrogens is 1. The molecule has 6 heteroatoms. The van der Waals surface area contributed by atoms with Gasteiger partial charge in [0.25, 0.3) is 5.91 Å². The molecular formula is C21H26N2O4. The number of hydrogen-bond acceptors (Lipinski definition) is 5. The third kappa shape index (κ3) is 4.46. The molecule has 0 bridgehead atoms.